The van der Waals surface area contributed by atoms with E-state index in [0.29, 0.717) is 10.2 Å². The molecule has 1 aliphatic rings. The Bertz CT molecular complexity index is 928. The second-order valence-electron chi connectivity index (χ2n) is 7.02. The minimum absolute atomic E-state index is 0.144. The molecule has 0 unspecified atom stereocenters. The summed E-state index contributed by atoms with van der Waals surface area (Å²) in [6, 6.07) is 0. The zero-order valence-corrected chi connectivity index (χ0v) is 16.7. The monoisotopic (exact) mass is 392 g/mol. The van der Waals surface area contributed by atoms with E-state index in [1.54, 1.807) is 6.92 Å². The fraction of sp³-hybridized carbons (Fsp3) is 0.579. The summed E-state index contributed by atoms with van der Waals surface area (Å²) in [7, 11) is 0. The first-order chi connectivity index (χ1) is 12.9. The van der Waals surface area contributed by atoms with E-state index in [9.17, 15) is 14.4 Å². The van der Waals surface area contributed by atoms with Gasteiger partial charge in [0.2, 0.25) is 5.82 Å². The number of ether oxygens (including phenoxy) is 2. The fourth-order valence-electron chi connectivity index (χ4n) is 3.17. The first-order valence-electron chi connectivity index (χ1n) is 9.30. The summed E-state index contributed by atoms with van der Waals surface area (Å²) < 4.78 is 11.3. The average Bonchev–Trinajstić information content (AvgIpc) is 3.01. The van der Waals surface area contributed by atoms with Crippen LogP contribution in [0.5, 0.6) is 0 Å². The van der Waals surface area contributed by atoms with Gasteiger partial charge in [0, 0.05) is 4.88 Å². The number of nitrogens with zero attached hydrogens (tertiary/aromatic N) is 2. The number of rotatable bonds is 6. The molecule has 7 nitrogen and oxygen atoms in total. The molecule has 0 radical (unpaired) electrons. The van der Waals surface area contributed by atoms with E-state index in [-0.39, 0.29) is 37.1 Å². The molecule has 2 aromatic heterocycles. The Kier molecular flexibility index (Phi) is 5.94. The summed E-state index contributed by atoms with van der Waals surface area (Å²) in [5, 5.41) is 0.527. The van der Waals surface area contributed by atoms with Gasteiger partial charge in [0.05, 0.1) is 18.6 Å². The van der Waals surface area contributed by atoms with E-state index < -0.39 is 11.9 Å². The van der Waals surface area contributed by atoms with Crippen molar-refractivity contribution in [2.24, 2.45) is 5.92 Å². The van der Waals surface area contributed by atoms with Gasteiger partial charge < -0.3 is 9.47 Å². The molecule has 0 amide bonds. The van der Waals surface area contributed by atoms with Crippen molar-refractivity contribution in [2.75, 3.05) is 13.2 Å². The van der Waals surface area contributed by atoms with Crippen LogP contribution in [0.2, 0.25) is 0 Å². The molecule has 8 heteroatoms. The van der Waals surface area contributed by atoms with E-state index in [0.717, 1.165) is 40.7 Å². The predicted molar refractivity (Wildman–Crippen MR) is 102 cm³/mol. The molecule has 2 aromatic rings. The normalized spacial score (nSPS) is 13.6. The highest BCUT2D eigenvalue weighted by molar-refractivity contribution is 7.18. The lowest BCUT2D eigenvalue weighted by Crippen LogP contribution is -2.32. The van der Waals surface area contributed by atoms with Gasteiger partial charge in [-0.1, -0.05) is 13.8 Å². The van der Waals surface area contributed by atoms with Crippen LogP contribution in [0, 0.1) is 5.92 Å². The number of carbonyl (C=O) groups is 2. The molecule has 0 aliphatic heterocycles. The van der Waals surface area contributed by atoms with Crippen LogP contribution >= 0.6 is 11.3 Å². The van der Waals surface area contributed by atoms with Gasteiger partial charge in [-0.3, -0.25) is 14.2 Å². The molecule has 0 aromatic carbocycles. The largest absolute Gasteiger partial charge is 0.464 e. The first kappa shape index (κ1) is 19.5. The number of fused-ring (bicyclic) bond motifs is 3. The van der Waals surface area contributed by atoms with Gasteiger partial charge in [-0.15, -0.1) is 11.3 Å². The van der Waals surface area contributed by atoms with Crippen molar-refractivity contribution in [1.82, 2.24) is 9.55 Å². The van der Waals surface area contributed by atoms with Crippen molar-refractivity contribution in [1.29, 1.82) is 0 Å². The number of carbonyl (C=O) groups excluding carboxylic acids is 2. The Morgan fingerprint density at radius 2 is 1.96 bits per heavy atom. The number of hydrogen-bond acceptors (Lipinski definition) is 7. The average molecular weight is 392 g/mol. The summed E-state index contributed by atoms with van der Waals surface area (Å²) in [5.74, 6) is -1.24. The highest BCUT2D eigenvalue weighted by Crippen LogP contribution is 2.33. The van der Waals surface area contributed by atoms with Crippen molar-refractivity contribution in [3.63, 3.8) is 0 Å². The van der Waals surface area contributed by atoms with Crippen molar-refractivity contribution < 1.29 is 19.1 Å². The molecule has 3 rings (SSSR count). The highest BCUT2D eigenvalue weighted by Gasteiger charge is 2.26. The molecule has 0 saturated carbocycles. The molecule has 0 atom stereocenters. The topological polar surface area (TPSA) is 87.5 Å². The highest BCUT2D eigenvalue weighted by atomic mass is 32.1. The van der Waals surface area contributed by atoms with Gasteiger partial charge in [-0.25, -0.2) is 9.78 Å². The SMILES string of the molecule is CCOC(=O)c1nc2sc3c(c2c(=O)n1CC(=O)OCC(C)C)CCCC3. The number of esters is 2. The number of aromatic nitrogens is 2. The maximum absolute atomic E-state index is 13.2. The van der Waals surface area contributed by atoms with Gasteiger partial charge in [0.15, 0.2) is 0 Å². The number of thiophene rings is 1. The smallest absolute Gasteiger partial charge is 0.374 e. The minimum Gasteiger partial charge on any atom is -0.464 e. The summed E-state index contributed by atoms with van der Waals surface area (Å²) in [4.78, 5) is 43.8. The molecule has 0 fully saturated rings. The van der Waals surface area contributed by atoms with Crippen molar-refractivity contribution in [3.05, 3.63) is 26.6 Å². The van der Waals surface area contributed by atoms with Crippen LogP contribution in [-0.4, -0.2) is 34.7 Å². The molecule has 0 spiro atoms. The second-order valence-corrected chi connectivity index (χ2v) is 8.10. The van der Waals surface area contributed by atoms with Crippen LogP contribution in [0.25, 0.3) is 10.2 Å². The molecule has 1 aliphatic carbocycles. The van der Waals surface area contributed by atoms with E-state index in [4.69, 9.17) is 9.47 Å². The summed E-state index contributed by atoms with van der Waals surface area (Å²) in [5.41, 5.74) is 0.641. The Labute approximate surface area is 161 Å². The lowest BCUT2D eigenvalue weighted by Gasteiger charge is -2.13. The minimum atomic E-state index is -0.709. The summed E-state index contributed by atoms with van der Waals surface area (Å²) in [6.07, 6.45) is 3.85. The van der Waals surface area contributed by atoms with Crippen LogP contribution in [0.4, 0.5) is 0 Å². The van der Waals surface area contributed by atoms with Crippen LogP contribution in [0.15, 0.2) is 4.79 Å². The Morgan fingerprint density at radius 3 is 2.67 bits per heavy atom. The fourth-order valence-corrected chi connectivity index (χ4v) is 4.42. The maximum Gasteiger partial charge on any atom is 0.374 e. The molecule has 0 N–H and O–H groups in total. The van der Waals surface area contributed by atoms with Gasteiger partial charge >= 0.3 is 11.9 Å². The van der Waals surface area contributed by atoms with Crippen LogP contribution in [0.1, 0.15) is 54.7 Å². The van der Waals surface area contributed by atoms with Crippen molar-refractivity contribution in [3.8, 4) is 0 Å². The molecule has 2 heterocycles. The molecule has 146 valence electrons. The molecular weight excluding hydrogens is 368 g/mol. The third-order valence-electron chi connectivity index (χ3n) is 4.40. The molecular formula is C19H24N2O5S. The Morgan fingerprint density at radius 1 is 1.22 bits per heavy atom. The third-order valence-corrected chi connectivity index (χ3v) is 5.58. The lowest BCUT2D eigenvalue weighted by molar-refractivity contribution is -0.145. The molecule has 0 saturated heterocycles. The van der Waals surface area contributed by atoms with Crippen LogP contribution in [0.3, 0.4) is 0 Å². The van der Waals surface area contributed by atoms with E-state index in [2.05, 4.69) is 4.98 Å². The number of aryl methyl sites for hydroxylation is 2. The van der Waals surface area contributed by atoms with E-state index >= 15 is 0 Å². The van der Waals surface area contributed by atoms with Gasteiger partial charge in [0.25, 0.3) is 5.56 Å². The maximum atomic E-state index is 13.2. The van der Waals surface area contributed by atoms with Gasteiger partial charge in [0.1, 0.15) is 11.4 Å². The zero-order valence-electron chi connectivity index (χ0n) is 15.9. The molecule has 0 bridgehead atoms. The van der Waals surface area contributed by atoms with Gasteiger partial charge in [-0.2, -0.15) is 0 Å². The first-order valence-corrected chi connectivity index (χ1v) is 10.1. The van der Waals surface area contributed by atoms with Crippen LogP contribution < -0.4 is 5.56 Å². The van der Waals surface area contributed by atoms with Crippen LogP contribution in [-0.2, 0) is 33.7 Å². The van der Waals surface area contributed by atoms with Gasteiger partial charge in [-0.05, 0) is 44.1 Å². The second kappa shape index (κ2) is 8.21. The van der Waals surface area contributed by atoms with E-state index in [1.165, 1.54) is 11.3 Å². The van der Waals surface area contributed by atoms with Crippen molar-refractivity contribution in [2.45, 2.75) is 53.0 Å². The quantitative estimate of drug-likeness (QED) is 0.703. The van der Waals surface area contributed by atoms with Crippen molar-refractivity contribution >= 4 is 33.5 Å². The standard InChI is InChI=1S/C19H24N2O5S/c1-4-25-19(24)16-20-17-15(12-7-5-6-8-13(12)27-17)18(23)21(16)9-14(22)26-10-11(2)3/h11H,4-10H2,1-3H3. The predicted octanol–water partition coefficient (Wildman–Crippen LogP) is 2.71. The zero-order chi connectivity index (χ0) is 19.6. The molecule has 27 heavy (non-hydrogen) atoms. The Balaban J connectivity index is 2.08. The number of hydrogen-bond donors (Lipinski definition) is 0. The summed E-state index contributed by atoms with van der Waals surface area (Å²) >= 11 is 1.46. The lowest BCUT2D eigenvalue weighted by atomic mass is 9.97. The third kappa shape index (κ3) is 4.05. The van der Waals surface area contributed by atoms with E-state index in [1.807, 2.05) is 13.8 Å². The summed E-state index contributed by atoms with van der Waals surface area (Å²) in [6.45, 7) is 5.59. The Hall–Kier alpha value is -2.22.